The molecule has 0 saturated heterocycles. The molecule has 1 aromatic carbocycles. The first-order valence-corrected chi connectivity index (χ1v) is 12.2. The van der Waals surface area contributed by atoms with Crippen molar-refractivity contribution in [2.45, 2.75) is 38.8 Å². The molecule has 2 aromatic heterocycles. The first-order valence-electron chi connectivity index (χ1n) is 11.2. The van der Waals surface area contributed by atoms with Crippen LogP contribution in [0.15, 0.2) is 35.5 Å². The van der Waals surface area contributed by atoms with Crippen LogP contribution in [0.4, 0.5) is 0 Å². The highest BCUT2D eigenvalue weighted by molar-refractivity contribution is 7.99. The van der Waals surface area contributed by atoms with Crippen LogP contribution in [0.5, 0.6) is 17.4 Å². The number of aliphatic hydroxyl groups is 1. The molecule has 34 heavy (non-hydrogen) atoms. The summed E-state index contributed by atoms with van der Waals surface area (Å²) in [7, 11) is 1.61. The van der Waals surface area contributed by atoms with Gasteiger partial charge < -0.3 is 19.5 Å². The van der Waals surface area contributed by atoms with E-state index in [1.165, 1.54) is 11.8 Å². The Morgan fingerprint density at radius 3 is 2.74 bits per heavy atom. The highest BCUT2D eigenvalue weighted by Gasteiger charge is 2.28. The van der Waals surface area contributed by atoms with Crippen LogP contribution in [0.3, 0.4) is 0 Å². The predicted octanol–water partition coefficient (Wildman–Crippen LogP) is 4.00. The monoisotopic (exact) mass is 480 g/mol. The number of fused-ring (bicyclic) bond motifs is 2. The highest BCUT2D eigenvalue weighted by Crippen LogP contribution is 2.42. The number of hydrogen-bond acceptors (Lipinski definition) is 8. The summed E-state index contributed by atoms with van der Waals surface area (Å²) in [5.74, 6) is 2.56. The smallest absolute Gasteiger partial charge is 0.232 e. The maximum absolute atomic E-state index is 12.7. The first-order chi connectivity index (χ1) is 16.5. The largest absolute Gasteiger partial charge is 0.497 e. The normalized spacial score (nSPS) is 11.9. The molecule has 8 nitrogen and oxygen atoms in total. The molecule has 0 bridgehead atoms. The van der Waals surface area contributed by atoms with Crippen molar-refractivity contribution in [2.75, 3.05) is 26.0 Å². The van der Waals surface area contributed by atoms with Crippen molar-refractivity contribution in [3.63, 3.8) is 0 Å². The highest BCUT2D eigenvalue weighted by atomic mass is 32.2. The fourth-order valence-electron chi connectivity index (χ4n) is 3.90. The molecule has 0 saturated carbocycles. The van der Waals surface area contributed by atoms with Gasteiger partial charge >= 0.3 is 0 Å². The average Bonchev–Trinajstić information content (AvgIpc) is 2.87. The molecular formula is C25H28N4O4S. The van der Waals surface area contributed by atoms with Gasteiger partial charge in [-0.1, -0.05) is 23.9 Å². The van der Waals surface area contributed by atoms with Crippen LogP contribution in [-0.4, -0.2) is 56.8 Å². The van der Waals surface area contributed by atoms with Gasteiger partial charge in [0.05, 0.1) is 30.7 Å². The van der Waals surface area contributed by atoms with Gasteiger partial charge in [0, 0.05) is 42.4 Å². The average molecular weight is 481 g/mol. The Bertz CT molecular complexity index is 1210. The van der Waals surface area contributed by atoms with E-state index in [4.69, 9.17) is 19.4 Å². The van der Waals surface area contributed by atoms with E-state index in [9.17, 15) is 9.90 Å². The number of rotatable bonds is 8. The van der Waals surface area contributed by atoms with Crippen molar-refractivity contribution >= 4 is 17.7 Å². The Hall–Kier alpha value is -3.17. The fourth-order valence-corrected chi connectivity index (χ4v) is 4.83. The van der Waals surface area contributed by atoms with E-state index < -0.39 is 0 Å². The van der Waals surface area contributed by atoms with Gasteiger partial charge in [0.1, 0.15) is 10.8 Å². The van der Waals surface area contributed by atoms with E-state index in [0.29, 0.717) is 53.3 Å². The van der Waals surface area contributed by atoms with Gasteiger partial charge in [0.25, 0.3) is 0 Å². The third-order valence-corrected chi connectivity index (χ3v) is 6.84. The molecule has 3 heterocycles. The molecule has 178 valence electrons. The molecule has 4 rings (SSSR count). The van der Waals surface area contributed by atoms with Gasteiger partial charge in [0.2, 0.25) is 11.8 Å². The van der Waals surface area contributed by atoms with E-state index in [1.54, 1.807) is 18.2 Å². The second-order valence-electron chi connectivity index (χ2n) is 7.84. The Morgan fingerprint density at radius 1 is 1.24 bits per heavy atom. The lowest BCUT2D eigenvalue weighted by Crippen LogP contribution is -2.31. The van der Waals surface area contributed by atoms with Crippen molar-refractivity contribution in [2.24, 2.45) is 0 Å². The third kappa shape index (κ3) is 4.71. The Labute approximate surface area is 203 Å². The summed E-state index contributed by atoms with van der Waals surface area (Å²) in [6.07, 6.45) is 2.16. The van der Waals surface area contributed by atoms with E-state index in [2.05, 4.69) is 4.98 Å². The Morgan fingerprint density at radius 2 is 2.03 bits per heavy atom. The number of methoxy groups -OCH3 is 1. The second kappa shape index (κ2) is 10.4. The number of carbonyl (C=O) groups is 1. The number of benzene rings is 1. The number of aliphatic hydroxyl groups excluding tert-OH is 1. The lowest BCUT2D eigenvalue weighted by Gasteiger charge is -2.24. The summed E-state index contributed by atoms with van der Waals surface area (Å²) in [5, 5.41) is 10.5. The van der Waals surface area contributed by atoms with Gasteiger partial charge in [-0.25, -0.2) is 4.98 Å². The maximum Gasteiger partial charge on any atom is 0.232 e. The number of amides is 1. The summed E-state index contributed by atoms with van der Waals surface area (Å²) < 4.78 is 11.6. The number of aromatic nitrogens is 3. The second-order valence-corrected chi connectivity index (χ2v) is 8.80. The SMILES string of the molecule is CCN(CC)C(=O)CSc1nc(-c2cccc(OC)c2)nc2c1Cc1c(CO)cnc(C)c1O2. The van der Waals surface area contributed by atoms with Gasteiger partial charge in [-0.05, 0) is 32.9 Å². The standard InChI is InChI=1S/C25H28N4O4S/c1-5-29(6-2)21(31)14-34-25-20-11-19-17(13-30)12-26-15(3)22(19)33-24(20)27-23(28-25)16-8-7-9-18(10-16)32-4/h7-10,12,30H,5-6,11,13-14H2,1-4H3. The Kier molecular flexibility index (Phi) is 7.33. The lowest BCUT2D eigenvalue weighted by molar-refractivity contribution is -0.127. The number of pyridine rings is 1. The predicted molar refractivity (Wildman–Crippen MR) is 130 cm³/mol. The van der Waals surface area contributed by atoms with Crippen LogP contribution in [-0.2, 0) is 17.8 Å². The molecule has 1 aliphatic heterocycles. The number of hydrogen-bond donors (Lipinski definition) is 1. The maximum atomic E-state index is 12.7. The van der Waals surface area contributed by atoms with Crippen molar-refractivity contribution in [3.8, 4) is 28.8 Å². The minimum absolute atomic E-state index is 0.0542. The van der Waals surface area contributed by atoms with Gasteiger partial charge in [-0.2, -0.15) is 4.98 Å². The van der Waals surface area contributed by atoms with Gasteiger partial charge in [-0.3, -0.25) is 9.78 Å². The topological polar surface area (TPSA) is 97.7 Å². The van der Waals surface area contributed by atoms with Crippen LogP contribution >= 0.6 is 11.8 Å². The molecule has 0 radical (unpaired) electrons. The molecule has 1 amide bonds. The third-order valence-electron chi connectivity index (χ3n) is 5.83. The number of ether oxygens (including phenoxy) is 2. The molecule has 0 fully saturated rings. The minimum atomic E-state index is -0.139. The number of carbonyl (C=O) groups excluding carboxylic acids is 1. The van der Waals surface area contributed by atoms with Crippen LogP contribution < -0.4 is 9.47 Å². The zero-order valence-corrected chi connectivity index (χ0v) is 20.6. The quantitative estimate of drug-likeness (QED) is 0.298. The number of thioether (sulfide) groups is 1. The molecule has 9 heteroatoms. The fraction of sp³-hybridized carbons (Fsp3) is 0.360. The minimum Gasteiger partial charge on any atom is -0.497 e. The van der Waals surface area contributed by atoms with E-state index in [0.717, 1.165) is 22.4 Å². The molecule has 0 aliphatic carbocycles. The van der Waals surface area contributed by atoms with Crippen LogP contribution in [0.1, 0.15) is 36.2 Å². The molecule has 0 atom stereocenters. The molecule has 1 N–H and O–H groups in total. The van der Waals surface area contributed by atoms with Crippen LogP contribution in [0, 0.1) is 6.92 Å². The number of aryl methyl sites for hydroxylation is 1. The van der Waals surface area contributed by atoms with Crippen LogP contribution in [0.25, 0.3) is 11.4 Å². The lowest BCUT2D eigenvalue weighted by atomic mass is 9.99. The number of nitrogens with zero attached hydrogens (tertiary/aromatic N) is 4. The molecular weight excluding hydrogens is 452 g/mol. The van der Waals surface area contributed by atoms with Crippen molar-refractivity contribution in [1.29, 1.82) is 0 Å². The molecule has 0 spiro atoms. The Balaban J connectivity index is 1.78. The van der Waals surface area contributed by atoms with E-state index >= 15 is 0 Å². The van der Waals surface area contributed by atoms with Gasteiger partial charge in [0.15, 0.2) is 11.6 Å². The summed E-state index contributed by atoms with van der Waals surface area (Å²) in [4.78, 5) is 28.4. The zero-order valence-electron chi connectivity index (χ0n) is 19.8. The molecule has 1 aliphatic rings. The van der Waals surface area contributed by atoms with Crippen molar-refractivity contribution in [1.82, 2.24) is 19.9 Å². The summed E-state index contributed by atoms with van der Waals surface area (Å²) in [6, 6.07) is 7.52. The van der Waals surface area contributed by atoms with Crippen LogP contribution in [0.2, 0.25) is 0 Å². The van der Waals surface area contributed by atoms with E-state index in [-0.39, 0.29) is 18.3 Å². The summed E-state index contributed by atoms with van der Waals surface area (Å²) in [6.45, 7) is 6.99. The van der Waals surface area contributed by atoms with E-state index in [1.807, 2.05) is 45.0 Å². The summed E-state index contributed by atoms with van der Waals surface area (Å²) >= 11 is 1.38. The first kappa shape index (κ1) is 24.0. The zero-order chi connectivity index (χ0) is 24.2. The molecule has 3 aromatic rings. The van der Waals surface area contributed by atoms with Crippen molar-refractivity contribution < 1.29 is 19.4 Å². The summed E-state index contributed by atoms with van der Waals surface area (Å²) in [5.41, 5.74) is 3.89. The van der Waals surface area contributed by atoms with Gasteiger partial charge in [-0.15, -0.1) is 0 Å². The molecule has 0 unspecified atom stereocenters. The van der Waals surface area contributed by atoms with Crippen molar-refractivity contribution in [3.05, 3.63) is 52.8 Å².